The number of para-hydroxylation sites is 1. The monoisotopic (exact) mass is 391 g/mol. The van der Waals surface area contributed by atoms with Crippen LogP contribution < -0.4 is 15.4 Å². The second kappa shape index (κ2) is 7.44. The van der Waals surface area contributed by atoms with Gasteiger partial charge in [0, 0.05) is 19.7 Å². The van der Waals surface area contributed by atoms with Gasteiger partial charge in [0.15, 0.2) is 0 Å². The van der Waals surface area contributed by atoms with Gasteiger partial charge in [0.2, 0.25) is 5.91 Å². The van der Waals surface area contributed by atoms with Crippen molar-refractivity contribution < 1.29 is 18.7 Å². The van der Waals surface area contributed by atoms with Gasteiger partial charge in [-0.3, -0.25) is 9.59 Å². The molecule has 1 saturated heterocycles. The Morgan fingerprint density at radius 1 is 1.37 bits per heavy atom. The third kappa shape index (κ3) is 3.42. The number of nitrogen functional groups attached to an aromatic ring is 1. The van der Waals surface area contributed by atoms with Crippen molar-refractivity contribution in [1.29, 1.82) is 0 Å². The van der Waals surface area contributed by atoms with Crippen LogP contribution in [-0.2, 0) is 4.79 Å². The summed E-state index contributed by atoms with van der Waals surface area (Å²) in [5.74, 6) is -0.975. The number of hydrogen-bond acceptors (Lipinski definition) is 4. The molecule has 0 bridgehead atoms. The number of anilines is 2. The summed E-state index contributed by atoms with van der Waals surface area (Å²) in [5.41, 5.74) is 6.45. The molecule has 27 heavy (non-hydrogen) atoms. The molecule has 3 rings (SSSR count). The van der Waals surface area contributed by atoms with E-state index in [0.29, 0.717) is 13.0 Å². The molecule has 1 unspecified atom stereocenters. The van der Waals surface area contributed by atoms with Crippen LogP contribution in [0.5, 0.6) is 5.75 Å². The zero-order chi connectivity index (χ0) is 19.7. The quantitative estimate of drug-likeness (QED) is 0.813. The molecule has 0 spiro atoms. The average molecular weight is 392 g/mol. The van der Waals surface area contributed by atoms with E-state index < -0.39 is 17.8 Å². The Bertz CT molecular complexity index is 906. The van der Waals surface area contributed by atoms with E-state index in [1.165, 1.54) is 42.2 Å². The first-order valence-electron chi connectivity index (χ1n) is 8.31. The molecule has 1 atom stereocenters. The van der Waals surface area contributed by atoms with Gasteiger partial charge < -0.3 is 20.3 Å². The maximum Gasteiger partial charge on any atom is 0.258 e. The lowest BCUT2D eigenvalue weighted by Gasteiger charge is -2.25. The normalized spacial score (nSPS) is 16.5. The van der Waals surface area contributed by atoms with Crippen molar-refractivity contribution in [2.45, 2.75) is 12.5 Å². The Morgan fingerprint density at radius 2 is 2.07 bits per heavy atom. The number of nitrogens with two attached hydrogens (primary N) is 1. The zero-order valence-corrected chi connectivity index (χ0v) is 15.7. The zero-order valence-electron chi connectivity index (χ0n) is 14.9. The number of carbonyl (C=O) groups is 2. The molecule has 2 aromatic carbocycles. The van der Waals surface area contributed by atoms with E-state index in [4.69, 9.17) is 22.1 Å². The highest BCUT2D eigenvalue weighted by Crippen LogP contribution is 2.31. The number of likely N-dealkylation sites (N-methyl/N-ethyl adjacent to an activating group) is 1. The number of benzene rings is 2. The molecule has 1 heterocycles. The predicted octanol–water partition coefficient (Wildman–Crippen LogP) is 2.95. The molecular formula is C19H19ClFN3O3. The second-order valence-corrected chi connectivity index (χ2v) is 6.64. The first-order valence-corrected chi connectivity index (χ1v) is 8.69. The van der Waals surface area contributed by atoms with E-state index in [9.17, 15) is 14.0 Å². The van der Waals surface area contributed by atoms with Crippen molar-refractivity contribution in [3.8, 4) is 5.75 Å². The lowest BCUT2D eigenvalue weighted by Crippen LogP contribution is -2.43. The van der Waals surface area contributed by atoms with Crippen molar-refractivity contribution >= 4 is 34.8 Å². The third-order valence-corrected chi connectivity index (χ3v) is 4.98. The molecule has 8 heteroatoms. The molecule has 0 aliphatic carbocycles. The van der Waals surface area contributed by atoms with E-state index in [2.05, 4.69) is 0 Å². The third-order valence-electron chi connectivity index (χ3n) is 4.66. The second-order valence-electron chi connectivity index (χ2n) is 6.24. The fourth-order valence-corrected chi connectivity index (χ4v) is 3.33. The number of nitrogens with zero attached hydrogens (tertiary/aromatic N) is 2. The van der Waals surface area contributed by atoms with E-state index >= 15 is 0 Å². The van der Waals surface area contributed by atoms with Crippen LogP contribution in [0.3, 0.4) is 0 Å². The van der Waals surface area contributed by atoms with Crippen molar-refractivity contribution in [2.75, 3.05) is 31.3 Å². The van der Waals surface area contributed by atoms with Crippen molar-refractivity contribution in [3.63, 3.8) is 0 Å². The Morgan fingerprint density at radius 3 is 2.74 bits per heavy atom. The summed E-state index contributed by atoms with van der Waals surface area (Å²) in [6.07, 6.45) is 0.389. The summed E-state index contributed by atoms with van der Waals surface area (Å²) >= 11 is 6.03. The summed E-state index contributed by atoms with van der Waals surface area (Å²) in [7, 11) is 2.94. The molecule has 0 radical (unpaired) electrons. The lowest BCUT2D eigenvalue weighted by atomic mass is 10.1. The van der Waals surface area contributed by atoms with Crippen molar-refractivity contribution in [2.24, 2.45) is 0 Å². The molecule has 6 nitrogen and oxygen atoms in total. The van der Waals surface area contributed by atoms with Gasteiger partial charge in [-0.1, -0.05) is 23.7 Å². The topological polar surface area (TPSA) is 75.9 Å². The van der Waals surface area contributed by atoms with Gasteiger partial charge in [0.05, 0.1) is 29.1 Å². The Labute approximate surface area is 161 Å². The maximum absolute atomic E-state index is 14.0. The lowest BCUT2D eigenvalue weighted by molar-refractivity contribution is -0.120. The van der Waals surface area contributed by atoms with Crippen LogP contribution in [0, 0.1) is 5.82 Å². The smallest absolute Gasteiger partial charge is 0.258 e. The minimum Gasteiger partial charge on any atom is -0.496 e. The summed E-state index contributed by atoms with van der Waals surface area (Å²) < 4.78 is 19.2. The summed E-state index contributed by atoms with van der Waals surface area (Å²) in [6, 6.07) is 8.23. The van der Waals surface area contributed by atoms with Crippen LogP contribution in [0.15, 0.2) is 36.4 Å². The minimum absolute atomic E-state index is 0.205. The number of hydrogen-bond donors (Lipinski definition) is 1. The van der Waals surface area contributed by atoms with Gasteiger partial charge in [-0.2, -0.15) is 0 Å². The minimum atomic E-state index is -0.710. The fraction of sp³-hybridized carbons (Fsp3) is 0.263. The van der Waals surface area contributed by atoms with Gasteiger partial charge in [-0.05, 0) is 24.6 Å². The van der Waals surface area contributed by atoms with Crippen LogP contribution in [0.1, 0.15) is 16.8 Å². The molecule has 1 aliphatic heterocycles. The number of amides is 2. The number of ether oxygens (including phenoxy) is 1. The number of carbonyl (C=O) groups excluding carboxylic acids is 2. The highest BCUT2D eigenvalue weighted by molar-refractivity contribution is 6.33. The molecule has 2 aromatic rings. The van der Waals surface area contributed by atoms with Gasteiger partial charge in [0.1, 0.15) is 17.6 Å². The van der Waals surface area contributed by atoms with Gasteiger partial charge in [0.25, 0.3) is 5.91 Å². The van der Waals surface area contributed by atoms with Crippen LogP contribution in [0.2, 0.25) is 5.02 Å². The largest absolute Gasteiger partial charge is 0.496 e. The SMILES string of the molecule is COc1cc(N)c(Cl)cc1C(=O)N(C)C1CCN(c2ccccc2F)C1=O. The highest BCUT2D eigenvalue weighted by atomic mass is 35.5. The average Bonchev–Trinajstić information content (AvgIpc) is 3.04. The Kier molecular flexibility index (Phi) is 5.23. The van der Waals surface area contributed by atoms with Crippen LogP contribution in [0.25, 0.3) is 0 Å². The van der Waals surface area contributed by atoms with Gasteiger partial charge in [-0.25, -0.2) is 4.39 Å². The molecule has 1 fully saturated rings. The molecular weight excluding hydrogens is 373 g/mol. The molecule has 2 N–H and O–H groups in total. The summed E-state index contributed by atoms with van der Waals surface area (Å²) in [4.78, 5) is 28.4. The van der Waals surface area contributed by atoms with Crippen LogP contribution in [0.4, 0.5) is 15.8 Å². The number of rotatable bonds is 4. The molecule has 142 valence electrons. The first kappa shape index (κ1) is 19.0. The first-order chi connectivity index (χ1) is 12.8. The van der Waals surface area contributed by atoms with E-state index in [1.54, 1.807) is 18.2 Å². The van der Waals surface area contributed by atoms with Gasteiger partial charge >= 0.3 is 0 Å². The van der Waals surface area contributed by atoms with Gasteiger partial charge in [-0.15, -0.1) is 0 Å². The Balaban J connectivity index is 1.86. The molecule has 2 amide bonds. The van der Waals surface area contributed by atoms with Crippen molar-refractivity contribution in [3.05, 3.63) is 52.8 Å². The molecule has 1 aliphatic rings. The molecule has 0 saturated carbocycles. The Hall–Kier alpha value is -2.80. The highest BCUT2D eigenvalue weighted by Gasteiger charge is 2.38. The molecule has 0 aromatic heterocycles. The van der Waals surface area contributed by atoms with E-state index in [1.807, 2.05) is 0 Å². The predicted molar refractivity (Wildman–Crippen MR) is 102 cm³/mol. The van der Waals surface area contributed by atoms with E-state index in [0.717, 1.165) is 0 Å². The number of methoxy groups -OCH3 is 1. The van der Waals surface area contributed by atoms with Crippen LogP contribution >= 0.6 is 11.6 Å². The van der Waals surface area contributed by atoms with E-state index in [-0.39, 0.29) is 33.6 Å². The van der Waals surface area contributed by atoms with Crippen LogP contribution in [-0.4, -0.2) is 43.5 Å². The number of halogens is 2. The summed E-state index contributed by atoms with van der Waals surface area (Å²) in [6.45, 7) is 0.321. The summed E-state index contributed by atoms with van der Waals surface area (Å²) in [5, 5.41) is 0.221. The fourth-order valence-electron chi connectivity index (χ4n) is 3.17. The standard InChI is InChI=1S/C19H19ClFN3O3/c1-23(18(25)11-9-12(20)14(22)10-17(11)27-2)16-7-8-24(19(16)26)15-6-4-3-5-13(15)21/h3-6,9-10,16H,7-8,22H2,1-2H3. The maximum atomic E-state index is 14.0. The van der Waals surface area contributed by atoms with Crippen molar-refractivity contribution in [1.82, 2.24) is 4.90 Å².